The Kier molecular flexibility index (Phi) is 5.21. The van der Waals surface area contributed by atoms with Crippen LogP contribution >= 0.6 is 0 Å². The van der Waals surface area contributed by atoms with Crippen molar-refractivity contribution in [3.63, 3.8) is 0 Å². The molecule has 6 heteroatoms. The zero-order chi connectivity index (χ0) is 18.7. The van der Waals surface area contributed by atoms with Crippen molar-refractivity contribution < 1.29 is 14.5 Å². The van der Waals surface area contributed by atoms with E-state index in [0.29, 0.717) is 17.4 Å². The average molecular weight is 354 g/mol. The molecule has 0 unspecified atom stereocenters. The molecule has 1 fully saturated rings. The van der Waals surface area contributed by atoms with Gasteiger partial charge in [-0.2, -0.15) is 0 Å². The number of piperidine rings is 1. The maximum Gasteiger partial charge on any atom is 0.343 e. The quantitative estimate of drug-likeness (QED) is 0.353. The number of ether oxygens (including phenoxy) is 1. The minimum absolute atomic E-state index is 0.0576. The summed E-state index contributed by atoms with van der Waals surface area (Å²) < 4.78 is 5.34. The number of rotatable bonds is 4. The van der Waals surface area contributed by atoms with E-state index in [1.807, 2.05) is 17.9 Å². The van der Waals surface area contributed by atoms with Gasteiger partial charge in [0.15, 0.2) is 0 Å². The van der Waals surface area contributed by atoms with Crippen LogP contribution in [-0.4, -0.2) is 24.0 Å². The maximum atomic E-state index is 12.4. The molecule has 1 atom stereocenters. The molecule has 1 heterocycles. The summed E-state index contributed by atoms with van der Waals surface area (Å²) in [4.78, 5) is 25.5. The van der Waals surface area contributed by atoms with E-state index in [9.17, 15) is 14.9 Å². The molecular weight excluding hydrogens is 332 g/mol. The molecule has 1 saturated heterocycles. The summed E-state index contributed by atoms with van der Waals surface area (Å²) in [7, 11) is 0. The van der Waals surface area contributed by atoms with Crippen molar-refractivity contribution in [3.05, 3.63) is 63.7 Å². The second-order valence-electron chi connectivity index (χ2n) is 6.86. The van der Waals surface area contributed by atoms with E-state index in [4.69, 9.17) is 4.74 Å². The summed E-state index contributed by atoms with van der Waals surface area (Å²) in [6.45, 7) is 5.62. The highest BCUT2D eigenvalue weighted by atomic mass is 16.6. The summed E-state index contributed by atoms with van der Waals surface area (Å²) in [5, 5.41) is 11.6. The van der Waals surface area contributed by atoms with Crippen LogP contribution in [0.25, 0.3) is 0 Å². The van der Waals surface area contributed by atoms with E-state index in [0.717, 1.165) is 31.5 Å². The Morgan fingerprint density at radius 2 is 2.08 bits per heavy atom. The number of hydrogen-bond acceptors (Lipinski definition) is 5. The molecule has 1 aliphatic rings. The van der Waals surface area contributed by atoms with Gasteiger partial charge in [0.2, 0.25) is 0 Å². The summed E-state index contributed by atoms with van der Waals surface area (Å²) >= 11 is 0. The van der Waals surface area contributed by atoms with Crippen molar-refractivity contribution in [3.8, 4) is 5.75 Å². The average Bonchev–Trinajstić information content (AvgIpc) is 2.61. The Morgan fingerprint density at radius 1 is 1.27 bits per heavy atom. The second kappa shape index (κ2) is 7.56. The van der Waals surface area contributed by atoms with Gasteiger partial charge in [-0.25, -0.2) is 4.79 Å². The summed E-state index contributed by atoms with van der Waals surface area (Å²) in [5.41, 5.74) is 1.65. The number of carbonyl (C=O) groups excluding carboxylic acids is 1. The fourth-order valence-electron chi connectivity index (χ4n) is 3.32. The fourth-order valence-corrected chi connectivity index (χ4v) is 3.32. The van der Waals surface area contributed by atoms with Crippen LogP contribution < -0.4 is 9.64 Å². The van der Waals surface area contributed by atoms with Gasteiger partial charge in [0, 0.05) is 19.2 Å². The molecule has 0 spiro atoms. The standard InChI is InChI=1S/C20H22N2O4/c1-14-5-3-7-17(11-14)26-20(23)16-8-9-18(19(12-16)22(24)25)21-10-4-6-15(2)13-21/h3,5,7-9,11-12,15H,4,6,10,13H2,1-2H3/t15-/m0/s1. The lowest BCUT2D eigenvalue weighted by molar-refractivity contribution is -0.384. The first-order valence-electron chi connectivity index (χ1n) is 8.76. The molecule has 26 heavy (non-hydrogen) atoms. The largest absolute Gasteiger partial charge is 0.423 e. The first-order chi connectivity index (χ1) is 12.4. The number of nitro benzene ring substituents is 1. The summed E-state index contributed by atoms with van der Waals surface area (Å²) in [6, 6.07) is 11.7. The normalized spacial score (nSPS) is 17.0. The molecule has 6 nitrogen and oxygen atoms in total. The molecule has 2 aromatic rings. The highest BCUT2D eigenvalue weighted by molar-refractivity contribution is 5.93. The van der Waals surface area contributed by atoms with Crippen LogP contribution in [0.15, 0.2) is 42.5 Å². The maximum absolute atomic E-state index is 12.4. The van der Waals surface area contributed by atoms with E-state index in [1.54, 1.807) is 30.3 Å². The van der Waals surface area contributed by atoms with Gasteiger partial charge in [-0.1, -0.05) is 19.1 Å². The van der Waals surface area contributed by atoms with Gasteiger partial charge in [-0.15, -0.1) is 0 Å². The smallest absolute Gasteiger partial charge is 0.343 e. The Balaban J connectivity index is 1.86. The Bertz CT molecular complexity index is 834. The third kappa shape index (κ3) is 4.02. The minimum atomic E-state index is -0.600. The molecule has 0 aliphatic carbocycles. The predicted molar refractivity (Wildman–Crippen MR) is 99.8 cm³/mol. The molecule has 136 valence electrons. The van der Waals surface area contributed by atoms with Crippen LogP contribution in [0.5, 0.6) is 5.75 Å². The van der Waals surface area contributed by atoms with Gasteiger partial charge in [-0.05, 0) is 55.5 Å². The van der Waals surface area contributed by atoms with Gasteiger partial charge in [-0.3, -0.25) is 10.1 Å². The lowest BCUT2D eigenvalue weighted by Gasteiger charge is -2.32. The number of benzene rings is 2. The van der Waals surface area contributed by atoms with Crippen molar-refractivity contribution in [1.82, 2.24) is 0 Å². The topological polar surface area (TPSA) is 72.7 Å². The molecule has 0 radical (unpaired) electrons. The molecule has 0 aromatic heterocycles. The number of anilines is 1. The number of aryl methyl sites for hydroxylation is 1. The van der Waals surface area contributed by atoms with Crippen LogP contribution in [0.3, 0.4) is 0 Å². The van der Waals surface area contributed by atoms with E-state index < -0.39 is 10.9 Å². The first-order valence-corrected chi connectivity index (χ1v) is 8.76. The van der Waals surface area contributed by atoms with Crippen LogP contribution in [0.2, 0.25) is 0 Å². The molecule has 0 amide bonds. The Hall–Kier alpha value is -2.89. The number of nitrogens with zero attached hydrogens (tertiary/aromatic N) is 2. The molecular formula is C20H22N2O4. The van der Waals surface area contributed by atoms with Crippen LogP contribution in [0, 0.1) is 23.0 Å². The van der Waals surface area contributed by atoms with Crippen LogP contribution in [-0.2, 0) is 0 Å². The Morgan fingerprint density at radius 3 is 2.77 bits per heavy atom. The molecule has 0 bridgehead atoms. The number of nitro groups is 1. The highest BCUT2D eigenvalue weighted by Crippen LogP contribution is 2.32. The summed E-state index contributed by atoms with van der Waals surface area (Å²) in [6.07, 6.45) is 2.14. The van der Waals surface area contributed by atoms with Crippen molar-refractivity contribution in [2.24, 2.45) is 5.92 Å². The van der Waals surface area contributed by atoms with Gasteiger partial charge < -0.3 is 9.64 Å². The van der Waals surface area contributed by atoms with E-state index in [1.165, 1.54) is 6.07 Å². The van der Waals surface area contributed by atoms with E-state index in [-0.39, 0.29) is 11.3 Å². The van der Waals surface area contributed by atoms with Crippen molar-refractivity contribution in [1.29, 1.82) is 0 Å². The van der Waals surface area contributed by atoms with Gasteiger partial charge in [0.25, 0.3) is 5.69 Å². The van der Waals surface area contributed by atoms with Crippen molar-refractivity contribution >= 4 is 17.3 Å². The van der Waals surface area contributed by atoms with Crippen molar-refractivity contribution in [2.45, 2.75) is 26.7 Å². The predicted octanol–water partition coefficient (Wildman–Crippen LogP) is 4.36. The summed E-state index contributed by atoms with van der Waals surface area (Å²) in [5.74, 6) is 0.318. The molecule has 2 aromatic carbocycles. The lowest BCUT2D eigenvalue weighted by atomic mass is 9.99. The van der Waals surface area contributed by atoms with Crippen LogP contribution in [0.1, 0.15) is 35.7 Å². The first kappa shape index (κ1) is 17.9. The van der Waals surface area contributed by atoms with Crippen LogP contribution in [0.4, 0.5) is 11.4 Å². The zero-order valence-corrected chi connectivity index (χ0v) is 15.0. The van der Waals surface area contributed by atoms with Crippen molar-refractivity contribution in [2.75, 3.05) is 18.0 Å². The zero-order valence-electron chi connectivity index (χ0n) is 15.0. The number of hydrogen-bond donors (Lipinski definition) is 0. The molecule has 0 saturated carbocycles. The highest BCUT2D eigenvalue weighted by Gasteiger charge is 2.25. The van der Waals surface area contributed by atoms with Gasteiger partial charge in [0.05, 0.1) is 10.5 Å². The SMILES string of the molecule is Cc1cccc(OC(=O)c2ccc(N3CCC[C@H](C)C3)c([N+](=O)[O-])c2)c1. The van der Waals surface area contributed by atoms with E-state index >= 15 is 0 Å². The molecule has 3 rings (SSSR count). The molecule has 1 aliphatic heterocycles. The third-order valence-corrected chi connectivity index (χ3v) is 4.61. The Labute approximate surface area is 152 Å². The second-order valence-corrected chi connectivity index (χ2v) is 6.86. The monoisotopic (exact) mass is 354 g/mol. The fraction of sp³-hybridized carbons (Fsp3) is 0.350. The molecule has 0 N–H and O–H groups in total. The minimum Gasteiger partial charge on any atom is -0.423 e. The number of esters is 1. The number of carbonyl (C=O) groups is 1. The van der Waals surface area contributed by atoms with Gasteiger partial charge in [0.1, 0.15) is 11.4 Å². The third-order valence-electron chi connectivity index (χ3n) is 4.61. The lowest BCUT2D eigenvalue weighted by Crippen LogP contribution is -2.34. The van der Waals surface area contributed by atoms with E-state index in [2.05, 4.69) is 6.92 Å². The van der Waals surface area contributed by atoms with Gasteiger partial charge >= 0.3 is 5.97 Å².